The number of hydrogen-bond donors (Lipinski definition) is 0. The topological polar surface area (TPSA) is 104 Å². The molecule has 9 heteroatoms. The van der Waals surface area contributed by atoms with E-state index in [-0.39, 0.29) is 24.3 Å². The maximum absolute atomic E-state index is 12.0. The van der Waals surface area contributed by atoms with Crippen LogP contribution in [0.5, 0.6) is 11.5 Å². The summed E-state index contributed by atoms with van der Waals surface area (Å²) < 4.78 is 16.5. The zero-order valence-electron chi connectivity index (χ0n) is 13.6. The van der Waals surface area contributed by atoms with E-state index in [1.54, 1.807) is 24.3 Å². The van der Waals surface area contributed by atoms with Crippen molar-refractivity contribution in [2.24, 2.45) is 5.10 Å². The molecule has 0 N–H and O–H groups in total. The van der Waals surface area contributed by atoms with Crippen LogP contribution in [0.4, 0.5) is 5.69 Å². The SMILES string of the molecule is CC(=O)N1N=C(c2cccc([N+](=O)[O-])c2)O[C@H]1c1ccc2c(c1)OCO2. The van der Waals surface area contributed by atoms with Gasteiger partial charge >= 0.3 is 0 Å². The molecule has 2 aromatic carbocycles. The molecule has 0 spiro atoms. The Morgan fingerprint density at radius 1 is 1.23 bits per heavy atom. The fourth-order valence-corrected chi connectivity index (χ4v) is 2.72. The van der Waals surface area contributed by atoms with Gasteiger partial charge in [-0.3, -0.25) is 14.9 Å². The summed E-state index contributed by atoms with van der Waals surface area (Å²) in [5.41, 5.74) is 0.969. The van der Waals surface area contributed by atoms with E-state index in [0.717, 1.165) is 0 Å². The van der Waals surface area contributed by atoms with Gasteiger partial charge in [0.1, 0.15) is 0 Å². The van der Waals surface area contributed by atoms with Crippen LogP contribution in [0, 0.1) is 10.1 Å². The Morgan fingerprint density at radius 3 is 2.81 bits per heavy atom. The summed E-state index contributed by atoms with van der Waals surface area (Å²) in [4.78, 5) is 22.5. The number of hydrogen-bond acceptors (Lipinski definition) is 7. The van der Waals surface area contributed by atoms with Crippen LogP contribution < -0.4 is 9.47 Å². The summed E-state index contributed by atoms with van der Waals surface area (Å²) in [5, 5.41) is 16.3. The summed E-state index contributed by atoms with van der Waals surface area (Å²) in [5.74, 6) is 0.971. The lowest BCUT2D eigenvalue weighted by Crippen LogP contribution is -2.25. The lowest BCUT2D eigenvalue weighted by atomic mass is 10.1. The van der Waals surface area contributed by atoms with Gasteiger partial charge in [0.15, 0.2) is 11.5 Å². The van der Waals surface area contributed by atoms with E-state index < -0.39 is 11.2 Å². The van der Waals surface area contributed by atoms with Crippen LogP contribution in [0.2, 0.25) is 0 Å². The number of carbonyl (C=O) groups excluding carboxylic acids is 1. The number of benzene rings is 2. The molecule has 1 amide bonds. The fourth-order valence-electron chi connectivity index (χ4n) is 2.72. The normalized spacial score (nSPS) is 17.7. The van der Waals surface area contributed by atoms with E-state index >= 15 is 0 Å². The summed E-state index contributed by atoms with van der Waals surface area (Å²) in [6.45, 7) is 1.50. The van der Waals surface area contributed by atoms with Crippen molar-refractivity contribution in [3.05, 3.63) is 63.7 Å². The van der Waals surface area contributed by atoms with E-state index in [1.807, 2.05) is 0 Å². The second-order valence-corrected chi connectivity index (χ2v) is 5.66. The maximum atomic E-state index is 12.0. The molecule has 2 heterocycles. The Bertz CT molecular complexity index is 942. The smallest absolute Gasteiger partial charge is 0.270 e. The van der Waals surface area contributed by atoms with Crippen LogP contribution in [-0.2, 0) is 9.53 Å². The predicted molar refractivity (Wildman–Crippen MR) is 88.5 cm³/mol. The monoisotopic (exact) mass is 355 g/mol. The quantitative estimate of drug-likeness (QED) is 0.619. The van der Waals surface area contributed by atoms with Gasteiger partial charge in [0.2, 0.25) is 24.8 Å². The van der Waals surface area contributed by atoms with Crippen molar-refractivity contribution in [1.29, 1.82) is 0 Å². The maximum Gasteiger partial charge on any atom is 0.270 e. The number of nitro benzene ring substituents is 1. The van der Waals surface area contributed by atoms with Crippen LogP contribution in [0.3, 0.4) is 0 Å². The number of non-ortho nitro benzene ring substituents is 1. The van der Waals surface area contributed by atoms with E-state index in [9.17, 15) is 14.9 Å². The van der Waals surface area contributed by atoms with Crippen LogP contribution in [0.15, 0.2) is 47.6 Å². The Morgan fingerprint density at radius 2 is 2.04 bits per heavy atom. The lowest BCUT2D eigenvalue weighted by molar-refractivity contribution is -0.384. The zero-order chi connectivity index (χ0) is 18.3. The third kappa shape index (κ3) is 2.69. The molecular formula is C17H13N3O6. The first-order valence-electron chi connectivity index (χ1n) is 7.72. The van der Waals surface area contributed by atoms with Gasteiger partial charge < -0.3 is 14.2 Å². The molecule has 4 rings (SSSR count). The van der Waals surface area contributed by atoms with Gasteiger partial charge in [-0.2, -0.15) is 5.01 Å². The lowest BCUT2D eigenvalue weighted by Gasteiger charge is -2.19. The molecule has 0 radical (unpaired) electrons. The first-order chi connectivity index (χ1) is 12.5. The van der Waals surface area contributed by atoms with Gasteiger partial charge in [0.05, 0.1) is 4.92 Å². The molecule has 0 bridgehead atoms. The first kappa shape index (κ1) is 15.9. The molecule has 26 heavy (non-hydrogen) atoms. The summed E-state index contributed by atoms with van der Waals surface area (Å²) >= 11 is 0. The molecule has 1 atom stereocenters. The number of rotatable bonds is 3. The first-order valence-corrected chi connectivity index (χ1v) is 7.72. The molecule has 2 aliphatic heterocycles. The minimum Gasteiger partial charge on any atom is -0.454 e. The fraction of sp³-hybridized carbons (Fsp3) is 0.176. The Balaban J connectivity index is 1.68. The molecule has 0 aromatic heterocycles. The number of ether oxygens (including phenoxy) is 3. The van der Waals surface area contributed by atoms with E-state index in [4.69, 9.17) is 14.2 Å². The minimum absolute atomic E-state index is 0.0882. The molecule has 0 fully saturated rings. The van der Waals surface area contributed by atoms with Crippen molar-refractivity contribution >= 4 is 17.5 Å². The summed E-state index contributed by atoms with van der Waals surface area (Å²) in [6.07, 6.45) is -0.795. The molecule has 0 saturated heterocycles. The van der Waals surface area contributed by atoms with E-state index in [1.165, 1.54) is 30.1 Å². The van der Waals surface area contributed by atoms with Crippen molar-refractivity contribution < 1.29 is 23.9 Å². The summed E-state index contributed by atoms with van der Waals surface area (Å²) in [6, 6.07) is 11.1. The number of fused-ring (bicyclic) bond motifs is 1. The van der Waals surface area contributed by atoms with Crippen molar-refractivity contribution in [1.82, 2.24) is 5.01 Å². The number of amides is 1. The Hall–Kier alpha value is -3.62. The average Bonchev–Trinajstić information content (AvgIpc) is 3.28. The number of nitro groups is 1. The number of nitrogens with zero attached hydrogens (tertiary/aromatic N) is 3. The van der Waals surface area contributed by atoms with Gasteiger partial charge in [-0.05, 0) is 24.3 Å². The molecule has 0 unspecified atom stereocenters. The van der Waals surface area contributed by atoms with E-state index in [0.29, 0.717) is 22.6 Å². The van der Waals surface area contributed by atoms with Crippen LogP contribution in [-0.4, -0.2) is 28.5 Å². The number of hydrazone groups is 1. The van der Waals surface area contributed by atoms with Gasteiger partial charge in [-0.1, -0.05) is 6.07 Å². The van der Waals surface area contributed by atoms with Gasteiger partial charge in [0, 0.05) is 30.2 Å². The highest BCUT2D eigenvalue weighted by atomic mass is 16.7. The van der Waals surface area contributed by atoms with Gasteiger partial charge in [-0.25, -0.2) is 0 Å². The van der Waals surface area contributed by atoms with E-state index in [2.05, 4.69) is 5.10 Å². The van der Waals surface area contributed by atoms with Crippen molar-refractivity contribution in [3.63, 3.8) is 0 Å². The van der Waals surface area contributed by atoms with Crippen LogP contribution in [0.1, 0.15) is 24.3 Å². The summed E-state index contributed by atoms with van der Waals surface area (Å²) in [7, 11) is 0. The predicted octanol–water partition coefficient (Wildman–Crippen LogP) is 2.56. The largest absolute Gasteiger partial charge is 0.454 e. The molecule has 2 aromatic rings. The standard InChI is InChI=1S/C17H13N3O6/c1-10(21)19-17(12-5-6-14-15(8-12)25-9-24-14)26-16(18-19)11-3-2-4-13(7-11)20(22)23/h2-8,17H,9H2,1H3/t17-/m0/s1. The second kappa shape index (κ2) is 6.03. The minimum atomic E-state index is -0.795. The van der Waals surface area contributed by atoms with Gasteiger partial charge in [0.25, 0.3) is 5.69 Å². The van der Waals surface area contributed by atoms with Crippen molar-refractivity contribution in [2.45, 2.75) is 13.2 Å². The highest BCUT2D eigenvalue weighted by molar-refractivity contribution is 5.96. The molecule has 2 aliphatic rings. The number of carbonyl (C=O) groups is 1. The highest BCUT2D eigenvalue weighted by Crippen LogP contribution is 2.38. The van der Waals surface area contributed by atoms with Gasteiger partial charge in [-0.15, -0.1) is 5.10 Å². The molecule has 9 nitrogen and oxygen atoms in total. The average molecular weight is 355 g/mol. The third-order valence-electron chi connectivity index (χ3n) is 3.95. The second-order valence-electron chi connectivity index (χ2n) is 5.66. The molecule has 0 saturated carbocycles. The van der Waals surface area contributed by atoms with Crippen molar-refractivity contribution in [3.8, 4) is 11.5 Å². The van der Waals surface area contributed by atoms with Crippen LogP contribution in [0.25, 0.3) is 0 Å². The molecule has 132 valence electrons. The highest BCUT2D eigenvalue weighted by Gasteiger charge is 2.34. The molecule has 0 aliphatic carbocycles. The Kier molecular flexibility index (Phi) is 3.68. The van der Waals surface area contributed by atoms with Crippen molar-refractivity contribution in [2.75, 3.05) is 6.79 Å². The molecular weight excluding hydrogens is 342 g/mol. The zero-order valence-corrected chi connectivity index (χ0v) is 13.6. The van der Waals surface area contributed by atoms with Crippen LogP contribution >= 0.6 is 0 Å². The Labute approximate surface area is 147 Å². The third-order valence-corrected chi connectivity index (χ3v) is 3.95.